The van der Waals surface area contributed by atoms with Crippen LogP contribution in [0.25, 0.3) is 11.0 Å². The van der Waals surface area contributed by atoms with Crippen molar-refractivity contribution >= 4 is 22.7 Å². The normalized spacial score (nSPS) is 18.0. The van der Waals surface area contributed by atoms with Crippen LogP contribution in [0.5, 0.6) is 0 Å². The summed E-state index contributed by atoms with van der Waals surface area (Å²) in [4.78, 5) is 15.9. The molecule has 0 saturated carbocycles. The zero-order valence-corrected chi connectivity index (χ0v) is 12.8. The number of nitrogens with one attached hydrogen (secondary N) is 1. The van der Waals surface area contributed by atoms with Crippen molar-refractivity contribution in [1.82, 2.24) is 14.8 Å². The molecule has 3 heterocycles. The maximum Gasteiger partial charge on any atom is 0.339 e. The first-order valence-corrected chi connectivity index (χ1v) is 7.61. The molecule has 0 amide bonds. The topological polar surface area (TPSA) is 89.3 Å². The number of carboxylic acid groups (broad SMARTS) is 1. The lowest BCUT2D eigenvalue weighted by atomic mass is 10.1. The number of hydrogen-bond acceptors (Lipinski definition) is 5. The summed E-state index contributed by atoms with van der Waals surface area (Å²) >= 11 is 0. The van der Waals surface area contributed by atoms with Crippen LogP contribution in [0.3, 0.4) is 0 Å². The smallest absolute Gasteiger partial charge is 0.339 e. The van der Waals surface area contributed by atoms with Gasteiger partial charge < -0.3 is 15.2 Å². The molecule has 118 valence electrons. The van der Waals surface area contributed by atoms with Gasteiger partial charge in [-0.1, -0.05) is 6.92 Å². The minimum absolute atomic E-state index is 0.124. The highest BCUT2D eigenvalue weighted by Crippen LogP contribution is 2.31. The van der Waals surface area contributed by atoms with E-state index in [1.165, 1.54) is 6.20 Å². The molecule has 2 aromatic heterocycles. The van der Waals surface area contributed by atoms with Crippen LogP contribution < -0.4 is 5.32 Å². The highest BCUT2D eigenvalue weighted by molar-refractivity contribution is 6.04. The van der Waals surface area contributed by atoms with Crippen LogP contribution in [0.2, 0.25) is 0 Å². The summed E-state index contributed by atoms with van der Waals surface area (Å²) in [6.45, 7) is 5.99. The first-order valence-electron chi connectivity index (χ1n) is 7.61. The van der Waals surface area contributed by atoms with Crippen molar-refractivity contribution in [3.8, 4) is 0 Å². The number of rotatable bonds is 5. The van der Waals surface area contributed by atoms with Crippen LogP contribution >= 0.6 is 0 Å². The van der Waals surface area contributed by atoms with Gasteiger partial charge in [-0.05, 0) is 19.8 Å². The molecule has 22 heavy (non-hydrogen) atoms. The fraction of sp³-hybridized carbons (Fsp3) is 0.533. The van der Waals surface area contributed by atoms with Crippen molar-refractivity contribution in [2.45, 2.75) is 39.3 Å². The number of ether oxygens (including phenoxy) is 1. The Balaban J connectivity index is 2.20. The Morgan fingerprint density at radius 1 is 1.55 bits per heavy atom. The Morgan fingerprint density at radius 2 is 2.36 bits per heavy atom. The summed E-state index contributed by atoms with van der Waals surface area (Å²) in [6.07, 6.45) is 3.01. The number of anilines is 1. The monoisotopic (exact) mass is 304 g/mol. The van der Waals surface area contributed by atoms with Gasteiger partial charge in [-0.3, -0.25) is 0 Å². The Bertz CT molecular complexity index is 704. The second-order valence-electron chi connectivity index (χ2n) is 5.37. The number of carbonyl (C=O) groups is 1. The SMILES string of the molecule is CCc1nn(CC)c2ncc(C(=O)O)c(N[C@@H]3CCOC3)c12. The van der Waals surface area contributed by atoms with Crippen LogP contribution in [-0.2, 0) is 17.7 Å². The molecule has 1 aliphatic rings. The lowest BCUT2D eigenvalue weighted by Gasteiger charge is -2.16. The van der Waals surface area contributed by atoms with Crippen molar-refractivity contribution in [3.63, 3.8) is 0 Å². The number of hydrogen-bond donors (Lipinski definition) is 2. The molecule has 0 aliphatic carbocycles. The number of fused-ring (bicyclic) bond motifs is 1. The third-order valence-electron chi connectivity index (χ3n) is 3.98. The first kappa shape index (κ1) is 14.8. The van der Waals surface area contributed by atoms with E-state index in [1.54, 1.807) is 0 Å². The molecule has 2 aromatic rings. The van der Waals surface area contributed by atoms with Crippen LogP contribution in [0.1, 0.15) is 36.3 Å². The molecule has 0 bridgehead atoms. The highest BCUT2D eigenvalue weighted by atomic mass is 16.5. The molecule has 1 fully saturated rings. The van der Waals surface area contributed by atoms with Gasteiger partial charge in [-0.2, -0.15) is 5.10 Å². The summed E-state index contributed by atoms with van der Waals surface area (Å²) in [5, 5.41) is 18.2. The molecule has 3 rings (SSSR count). The van der Waals surface area contributed by atoms with Crippen LogP contribution in [0.15, 0.2) is 6.20 Å². The number of pyridine rings is 1. The van der Waals surface area contributed by atoms with Gasteiger partial charge in [0.05, 0.1) is 29.4 Å². The minimum Gasteiger partial charge on any atom is -0.478 e. The van der Waals surface area contributed by atoms with Gasteiger partial charge in [0.1, 0.15) is 5.56 Å². The number of aryl methyl sites for hydroxylation is 2. The molecular weight excluding hydrogens is 284 g/mol. The van der Waals surface area contributed by atoms with Gasteiger partial charge in [0.15, 0.2) is 5.65 Å². The zero-order chi connectivity index (χ0) is 15.7. The van der Waals surface area contributed by atoms with Gasteiger partial charge >= 0.3 is 5.97 Å². The zero-order valence-electron chi connectivity index (χ0n) is 12.8. The van der Waals surface area contributed by atoms with Gasteiger partial charge in [-0.25, -0.2) is 14.5 Å². The maximum absolute atomic E-state index is 11.6. The molecule has 1 atom stereocenters. The van der Waals surface area contributed by atoms with E-state index >= 15 is 0 Å². The van der Waals surface area contributed by atoms with E-state index in [1.807, 2.05) is 18.5 Å². The molecule has 0 spiro atoms. The van der Waals surface area contributed by atoms with E-state index < -0.39 is 5.97 Å². The van der Waals surface area contributed by atoms with Gasteiger partial charge in [0, 0.05) is 19.3 Å². The number of nitrogens with zero attached hydrogens (tertiary/aromatic N) is 3. The van der Waals surface area contributed by atoms with Crippen molar-refractivity contribution < 1.29 is 14.6 Å². The molecule has 7 nitrogen and oxygen atoms in total. The number of aromatic carboxylic acids is 1. The summed E-state index contributed by atoms with van der Waals surface area (Å²) in [7, 11) is 0. The Hall–Kier alpha value is -2.15. The quantitative estimate of drug-likeness (QED) is 0.877. The minimum atomic E-state index is -0.984. The van der Waals surface area contributed by atoms with E-state index in [0.29, 0.717) is 25.4 Å². The van der Waals surface area contributed by atoms with E-state index in [4.69, 9.17) is 4.74 Å². The second-order valence-corrected chi connectivity index (χ2v) is 5.37. The fourth-order valence-electron chi connectivity index (χ4n) is 2.85. The predicted molar refractivity (Wildman–Crippen MR) is 82.4 cm³/mol. The number of aromatic nitrogens is 3. The van der Waals surface area contributed by atoms with Crippen molar-refractivity contribution in [2.75, 3.05) is 18.5 Å². The molecule has 0 radical (unpaired) electrons. The van der Waals surface area contributed by atoms with E-state index in [2.05, 4.69) is 15.4 Å². The van der Waals surface area contributed by atoms with Gasteiger partial charge in [0.2, 0.25) is 0 Å². The van der Waals surface area contributed by atoms with Crippen molar-refractivity contribution in [1.29, 1.82) is 0 Å². The van der Waals surface area contributed by atoms with E-state index in [0.717, 1.165) is 29.6 Å². The van der Waals surface area contributed by atoms with Gasteiger partial charge in [-0.15, -0.1) is 0 Å². The average Bonchev–Trinajstić information content (AvgIpc) is 3.14. The third-order valence-corrected chi connectivity index (χ3v) is 3.98. The summed E-state index contributed by atoms with van der Waals surface area (Å²) < 4.78 is 7.19. The molecular formula is C15H20N4O3. The van der Waals surface area contributed by atoms with Crippen LogP contribution in [-0.4, -0.2) is 45.1 Å². The molecule has 0 aromatic carbocycles. The summed E-state index contributed by atoms with van der Waals surface area (Å²) in [6, 6.07) is 0.124. The molecule has 7 heteroatoms. The van der Waals surface area contributed by atoms with Crippen molar-refractivity contribution in [2.24, 2.45) is 0 Å². The Labute approximate surface area is 128 Å². The van der Waals surface area contributed by atoms with E-state index in [9.17, 15) is 9.90 Å². The molecule has 1 aliphatic heterocycles. The Morgan fingerprint density at radius 3 is 2.95 bits per heavy atom. The standard InChI is InChI=1S/C15H20N4O3/c1-3-11-12-13(17-9-5-6-22-8-9)10(15(20)21)7-16-14(12)19(4-2)18-11/h7,9H,3-6,8H2,1-2H3,(H,16,17)(H,20,21)/t9-/m1/s1. The third kappa shape index (κ3) is 2.41. The maximum atomic E-state index is 11.6. The molecule has 0 unspecified atom stereocenters. The van der Waals surface area contributed by atoms with Crippen LogP contribution in [0.4, 0.5) is 5.69 Å². The Kier molecular flexibility index (Phi) is 3.98. The summed E-state index contributed by atoms with van der Waals surface area (Å²) in [5.41, 5.74) is 2.40. The predicted octanol–water partition coefficient (Wildman–Crippen LogP) is 1.91. The highest BCUT2D eigenvalue weighted by Gasteiger charge is 2.24. The van der Waals surface area contributed by atoms with Gasteiger partial charge in [0.25, 0.3) is 0 Å². The first-order chi connectivity index (χ1) is 10.7. The van der Waals surface area contributed by atoms with Crippen LogP contribution in [0, 0.1) is 0 Å². The molecule has 2 N–H and O–H groups in total. The largest absolute Gasteiger partial charge is 0.478 e. The summed E-state index contributed by atoms with van der Waals surface area (Å²) in [5.74, 6) is -0.984. The van der Waals surface area contributed by atoms with Crippen molar-refractivity contribution in [3.05, 3.63) is 17.5 Å². The second kappa shape index (κ2) is 5.92. The fourth-order valence-corrected chi connectivity index (χ4v) is 2.85. The molecule has 1 saturated heterocycles. The van der Waals surface area contributed by atoms with E-state index in [-0.39, 0.29) is 11.6 Å². The lowest BCUT2D eigenvalue weighted by Crippen LogP contribution is -2.21. The number of carboxylic acids is 1. The average molecular weight is 304 g/mol. The lowest BCUT2D eigenvalue weighted by molar-refractivity contribution is 0.0697.